The van der Waals surface area contributed by atoms with E-state index < -0.39 is 11.8 Å². The number of rotatable bonds is 3. The lowest BCUT2D eigenvalue weighted by molar-refractivity contribution is -0.134. The number of Topliss-reactive ketones (excluding diaryl/α,β-unsaturated/α-hetero) is 1. The molecule has 0 amide bonds. The van der Waals surface area contributed by atoms with Gasteiger partial charge in [0.15, 0.2) is 0 Å². The van der Waals surface area contributed by atoms with Crippen LogP contribution in [0.2, 0.25) is 5.02 Å². The first-order chi connectivity index (χ1) is 7.54. The van der Waals surface area contributed by atoms with Crippen LogP contribution >= 0.6 is 23.2 Å². The molecule has 0 aliphatic rings. The third-order valence-electron chi connectivity index (χ3n) is 1.77. The fourth-order valence-electron chi connectivity index (χ4n) is 0.967. The minimum absolute atomic E-state index is 0.200. The second kappa shape index (κ2) is 5.68. The number of methoxy groups -OCH3 is 1. The van der Waals surface area contributed by atoms with Gasteiger partial charge in [0.25, 0.3) is 0 Å². The number of carbonyl (C=O) groups excluding carboxylic acids is 2. The molecule has 1 aromatic rings. The zero-order valence-electron chi connectivity index (χ0n) is 8.37. The summed E-state index contributed by atoms with van der Waals surface area (Å²) in [5, 5.41) is 0.318. The van der Waals surface area contributed by atoms with Gasteiger partial charge in [-0.25, -0.2) is 4.79 Å². The van der Waals surface area contributed by atoms with Crippen molar-refractivity contribution in [3.8, 4) is 0 Å². The molecule has 16 heavy (non-hydrogen) atoms. The molecular formula is C11H8Cl2O3. The standard InChI is InChI=1S/C11H8Cl2O3/c1-16-10(14)6-9(13)11(15)7-2-4-8(12)5-3-7/h2-6H,1H3/b9-6-. The van der Waals surface area contributed by atoms with Gasteiger partial charge in [-0.3, -0.25) is 4.79 Å². The fraction of sp³-hybridized carbons (Fsp3) is 0.0909. The second-order valence-corrected chi connectivity index (χ2v) is 3.70. The molecule has 1 aromatic carbocycles. The predicted molar refractivity (Wildman–Crippen MR) is 61.7 cm³/mol. The van der Waals surface area contributed by atoms with Crippen molar-refractivity contribution >= 4 is 35.0 Å². The monoisotopic (exact) mass is 258 g/mol. The maximum atomic E-state index is 11.7. The van der Waals surface area contributed by atoms with Crippen LogP contribution in [-0.4, -0.2) is 18.9 Å². The lowest BCUT2D eigenvalue weighted by Crippen LogP contribution is -2.03. The van der Waals surface area contributed by atoms with Gasteiger partial charge in [0, 0.05) is 16.7 Å². The van der Waals surface area contributed by atoms with E-state index in [9.17, 15) is 9.59 Å². The molecule has 0 fully saturated rings. The van der Waals surface area contributed by atoms with Crippen molar-refractivity contribution in [3.05, 3.63) is 46.0 Å². The third kappa shape index (κ3) is 3.36. The van der Waals surface area contributed by atoms with Gasteiger partial charge in [-0.1, -0.05) is 23.2 Å². The van der Waals surface area contributed by atoms with Gasteiger partial charge >= 0.3 is 5.97 Å². The molecule has 0 bridgehead atoms. The minimum atomic E-state index is -0.674. The van der Waals surface area contributed by atoms with E-state index in [1.165, 1.54) is 19.2 Å². The maximum Gasteiger partial charge on any atom is 0.332 e. The Kier molecular flexibility index (Phi) is 4.52. The van der Waals surface area contributed by atoms with Gasteiger partial charge in [0.05, 0.1) is 12.1 Å². The second-order valence-electron chi connectivity index (χ2n) is 2.85. The SMILES string of the molecule is COC(=O)/C=C(\Cl)C(=O)c1ccc(Cl)cc1. The molecule has 0 aliphatic heterocycles. The molecule has 5 heteroatoms. The van der Waals surface area contributed by atoms with Gasteiger partial charge in [-0.05, 0) is 24.3 Å². The van der Waals surface area contributed by atoms with Crippen molar-refractivity contribution < 1.29 is 14.3 Å². The van der Waals surface area contributed by atoms with Crippen LogP contribution in [0.3, 0.4) is 0 Å². The van der Waals surface area contributed by atoms with Crippen molar-refractivity contribution in [3.63, 3.8) is 0 Å². The van der Waals surface area contributed by atoms with Crippen LogP contribution in [0, 0.1) is 0 Å². The average Bonchev–Trinajstić information content (AvgIpc) is 2.28. The number of ketones is 1. The number of hydrogen-bond donors (Lipinski definition) is 0. The van der Waals surface area contributed by atoms with E-state index in [-0.39, 0.29) is 5.03 Å². The Morgan fingerprint density at radius 2 is 1.81 bits per heavy atom. The van der Waals surface area contributed by atoms with E-state index in [4.69, 9.17) is 23.2 Å². The molecule has 1 rings (SSSR count). The van der Waals surface area contributed by atoms with E-state index in [0.29, 0.717) is 10.6 Å². The number of allylic oxidation sites excluding steroid dienone is 1. The Morgan fingerprint density at radius 3 is 2.31 bits per heavy atom. The number of benzene rings is 1. The summed E-state index contributed by atoms with van der Waals surface area (Å²) in [5.74, 6) is -1.13. The zero-order chi connectivity index (χ0) is 12.1. The highest BCUT2D eigenvalue weighted by Crippen LogP contribution is 2.15. The van der Waals surface area contributed by atoms with E-state index in [0.717, 1.165) is 6.08 Å². The summed E-state index contributed by atoms with van der Waals surface area (Å²) in [5.41, 5.74) is 0.356. The Labute approximate surface area is 103 Å². The molecule has 0 radical (unpaired) electrons. The van der Waals surface area contributed by atoms with Crippen molar-refractivity contribution in [1.29, 1.82) is 0 Å². The quantitative estimate of drug-likeness (QED) is 0.476. The van der Waals surface area contributed by atoms with Crippen LogP contribution in [0.1, 0.15) is 10.4 Å². The lowest BCUT2D eigenvalue weighted by Gasteiger charge is -1.99. The smallest absolute Gasteiger partial charge is 0.332 e. The molecule has 0 saturated heterocycles. The highest BCUT2D eigenvalue weighted by Gasteiger charge is 2.11. The Hall–Kier alpha value is -1.32. The highest BCUT2D eigenvalue weighted by atomic mass is 35.5. The van der Waals surface area contributed by atoms with Crippen LogP contribution < -0.4 is 0 Å². The van der Waals surface area contributed by atoms with Crippen LogP contribution in [0.15, 0.2) is 35.4 Å². The minimum Gasteiger partial charge on any atom is -0.466 e. The summed E-state index contributed by atoms with van der Waals surface area (Å²) in [6, 6.07) is 6.19. The van der Waals surface area contributed by atoms with Gasteiger partial charge in [-0.15, -0.1) is 0 Å². The largest absolute Gasteiger partial charge is 0.466 e. The Balaban J connectivity index is 2.90. The maximum absolute atomic E-state index is 11.7. The molecule has 0 spiro atoms. The summed E-state index contributed by atoms with van der Waals surface area (Å²) in [7, 11) is 1.20. The third-order valence-corrected chi connectivity index (χ3v) is 2.30. The Bertz CT molecular complexity index is 435. The average molecular weight is 259 g/mol. The summed E-state index contributed by atoms with van der Waals surface area (Å²) in [4.78, 5) is 22.5. The lowest BCUT2D eigenvalue weighted by atomic mass is 10.1. The van der Waals surface area contributed by atoms with E-state index in [2.05, 4.69) is 4.74 Å². The molecule has 0 saturated carbocycles. The molecular weight excluding hydrogens is 251 g/mol. The summed E-state index contributed by atoms with van der Waals surface area (Å²) >= 11 is 11.3. The summed E-state index contributed by atoms with van der Waals surface area (Å²) < 4.78 is 4.35. The Morgan fingerprint density at radius 1 is 1.25 bits per heavy atom. The number of halogens is 2. The van der Waals surface area contributed by atoms with E-state index in [1.807, 2.05) is 0 Å². The molecule has 0 N–H and O–H groups in total. The summed E-state index contributed by atoms with van der Waals surface area (Å²) in [6.07, 6.45) is 0.929. The van der Waals surface area contributed by atoms with Crippen LogP contribution in [-0.2, 0) is 9.53 Å². The number of ether oxygens (including phenoxy) is 1. The topological polar surface area (TPSA) is 43.4 Å². The van der Waals surface area contributed by atoms with E-state index in [1.54, 1.807) is 12.1 Å². The van der Waals surface area contributed by atoms with Gasteiger partial charge in [-0.2, -0.15) is 0 Å². The van der Waals surface area contributed by atoms with Crippen molar-refractivity contribution in [2.75, 3.05) is 7.11 Å². The van der Waals surface area contributed by atoms with Crippen molar-refractivity contribution in [2.24, 2.45) is 0 Å². The molecule has 0 unspecified atom stereocenters. The van der Waals surface area contributed by atoms with Crippen LogP contribution in [0.5, 0.6) is 0 Å². The number of esters is 1. The molecule has 84 valence electrons. The van der Waals surface area contributed by atoms with Crippen LogP contribution in [0.25, 0.3) is 0 Å². The van der Waals surface area contributed by atoms with Crippen molar-refractivity contribution in [2.45, 2.75) is 0 Å². The zero-order valence-corrected chi connectivity index (χ0v) is 9.88. The van der Waals surface area contributed by atoms with Gasteiger partial charge in [0.2, 0.25) is 5.78 Å². The van der Waals surface area contributed by atoms with E-state index >= 15 is 0 Å². The molecule has 0 heterocycles. The number of carbonyl (C=O) groups is 2. The molecule has 0 atom stereocenters. The van der Waals surface area contributed by atoms with Crippen LogP contribution in [0.4, 0.5) is 0 Å². The normalized spacial score (nSPS) is 11.1. The number of hydrogen-bond acceptors (Lipinski definition) is 3. The first-order valence-corrected chi connectivity index (χ1v) is 5.05. The summed E-state index contributed by atoms with van der Waals surface area (Å²) in [6.45, 7) is 0. The first kappa shape index (κ1) is 12.7. The molecule has 0 aromatic heterocycles. The molecule has 3 nitrogen and oxygen atoms in total. The fourth-order valence-corrected chi connectivity index (χ4v) is 1.29. The predicted octanol–water partition coefficient (Wildman–Crippen LogP) is 2.82. The molecule has 0 aliphatic carbocycles. The van der Waals surface area contributed by atoms with Gasteiger partial charge in [0.1, 0.15) is 0 Å². The highest BCUT2D eigenvalue weighted by molar-refractivity contribution is 6.46. The first-order valence-electron chi connectivity index (χ1n) is 4.30. The van der Waals surface area contributed by atoms with Gasteiger partial charge < -0.3 is 4.74 Å². The van der Waals surface area contributed by atoms with Crippen molar-refractivity contribution in [1.82, 2.24) is 0 Å².